The van der Waals surface area contributed by atoms with Crippen LogP contribution in [-0.4, -0.2) is 13.7 Å². The number of hydrogen-bond acceptors (Lipinski definition) is 3. The molecule has 3 aromatic rings. The molecule has 0 amide bonds. The third-order valence-electron chi connectivity index (χ3n) is 4.34. The highest BCUT2D eigenvalue weighted by Crippen LogP contribution is 2.31. The van der Waals surface area contributed by atoms with Gasteiger partial charge in [-0.2, -0.15) is 4.39 Å². The molecule has 0 bridgehead atoms. The molecule has 29 heavy (non-hydrogen) atoms. The molecule has 5 heteroatoms. The Bertz CT molecular complexity index is 971. The lowest BCUT2D eigenvalue weighted by molar-refractivity contribution is 0.239. The van der Waals surface area contributed by atoms with Gasteiger partial charge in [0.2, 0.25) is 5.82 Å². The smallest absolute Gasteiger partial charge is 0.209 e. The van der Waals surface area contributed by atoms with Crippen molar-refractivity contribution in [2.24, 2.45) is 0 Å². The van der Waals surface area contributed by atoms with Crippen LogP contribution in [0.25, 0.3) is 5.57 Å². The third-order valence-corrected chi connectivity index (χ3v) is 4.34. The Kier molecular flexibility index (Phi) is 6.98. The highest BCUT2D eigenvalue weighted by atomic mass is 19.1. The molecule has 0 atom stereocenters. The summed E-state index contributed by atoms with van der Waals surface area (Å²) in [5.41, 5.74) is 3.30. The van der Waals surface area contributed by atoms with Crippen molar-refractivity contribution >= 4 is 5.57 Å². The number of methoxy groups -OCH3 is 1. The second kappa shape index (κ2) is 9.85. The predicted octanol–water partition coefficient (Wildman–Crippen LogP) is 5.78. The van der Waals surface area contributed by atoms with Crippen molar-refractivity contribution in [2.75, 3.05) is 13.7 Å². The summed E-state index contributed by atoms with van der Waals surface area (Å²) in [6.45, 7) is 4.53. The van der Waals surface area contributed by atoms with E-state index in [0.29, 0.717) is 6.61 Å². The molecule has 0 spiro atoms. The van der Waals surface area contributed by atoms with E-state index in [0.717, 1.165) is 28.3 Å². The van der Waals surface area contributed by atoms with Crippen molar-refractivity contribution in [3.63, 3.8) is 0 Å². The first kappa shape index (κ1) is 20.6. The maximum atomic E-state index is 14.8. The van der Waals surface area contributed by atoms with E-state index in [1.807, 2.05) is 54.6 Å². The summed E-state index contributed by atoms with van der Waals surface area (Å²) in [4.78, 5) is 0. The Hall–Kier alpha value is -3.18. The van der Waals surface area contributed by atoms with Gasteiger partial charge in [0.05, 0.1) is 6.61 Å². The molecule has 0 aliphatic heterocycles. The topological polar surface area (TPSA) is 27.7 Å². The average Bonchev–Trinajstić information content (AvgIpc) is 2.74. The van der Waals surface area contributed by atoms with Crippen LogP contribution >= 0.6 is 0 Å². The van der Waals surface area contributed by atoms with Gasteiger partial charge in [0.25, 0.3) is 0 Å². The first-order chi connectivity index (χ1) is 14.1. The second-order valence-electron chi connectivity index (χ2n) is 6.45. The summed E-state index contributed by atoms with van der Waals surface area (Å²) in [6.07, 6.45) is 0. The van der Waals surface area contributed by atoms with E-state index in [-0.39, 0.29) is 19.0 Å². The zero-order chi connectivity index (χ0) is 20.6. The first-order valence-electron chi connectivity index (χ1n) is 9.12. The van der Waals surface area contributed by atoms with Crippen molar-refractivity contribution < 1.29 is 23.0 Å². The van der Waals surface area contributed by atoms with Crippen LogP contribution in [0, 0.1) is 11.6 Å². The standard InChI is InChI=1S/C24H22F2O3/c1-17(14-27-2)20-11-7-6-10-19(20)16-28-22-13-12-21(25)24(23(22)26)29-15-18-8-4-3-5-9-18/h3-13H,1,14-16H2,2H3. The van der Waals surface area contributed by atoms with Crippen molar-refractivity contribution in [1.82, 2.24) is 0 Å². The van der Waals surface area contributed by atoms with E-state index in [9.17, 15) is 8.78 Å². The Labute approximate surface area is 169 Å². The molecule has 3 rings (SSSR count). The van der Waals surface area contributed by atoms with Crippen LogP contribution in [0.4, 0.5) is 8.78 Å². The van der Waals surface area contributed by atoms with Gasteiger partial charge in [-0.3, -0.25) is 0 Å². The van der Waals surface area contributed by atoms with Gasteiger partial charge in [-0.05, 0) is 34.4 Å². The summed E-state index contributed by atoms with van der Waals surface area (Å²) in [5.74, 6) is -2.18. The van der Waals surface area contributed by atoms with E-state index in [4.69, 9.17) is 14.2 Å². The molecule has 0 N–H and O–H groups in total. The highest BCUT2D eigenvalue weighted by Gasteiger charge is 2.17. The van der Waals surface area contributed by atoms with Gasteiger partial charge in [-0.15, -0.1) is 0 Å². The second-order valence-corrected chi connectivity index (χ2v) is 6.45. The molecular weight excluding hydrogens is 374 g/mol. The fourth-order valence-electron chi connectivity index (χ4n) is 2.89. The lowest BCUT2D eigenvalue weighted by Gasteiger charge is -2.15. The Balaban J connectivity index is 1.75. The summed E-state index contributed by atoms with van der Waals surface area (Å²) in [5, 5.41) is 0. The summed E-state index contributed by atoms with van der Waals surface area (Å²) >= 11 is 0. The normalized spacial score (nSPS) is 10.6. The van der Waals surface area contributed by atoms with Gasteiger partial charge in [0.15, 0.2) is 17.3 Å². The minimum absolute atomic E-state index is 0.0534. The molecule has 3 aromatic carbocycles. The molecule has 0 aliphatic rings. The van der Waals surface area contributed by atoms with Crippen molar-refractivity contribution in [3.05, 3.63) is 102 Å². The number of benzene rings is 3. The van der Waals surface area contributed by atoms with E-state index in [1.165, 1.54) is 6.07 Å². The predicted molar refractivity (Wildman–Crippen MR) is 109 cm³/mol. The third kappa shape index (κ3) is 5.21. The quantitative estimate of drug-likeness (QED) is 0.459. The van der Waals surface area contributed by atoms with E-state index < -0.39 is 17.4 Å². The van der Waals surface area contributed by atoms with Gasteiger partial charge < -0.3 is 14.2 Å². The molecular formula is C24H22F2O3. The molecule has 0 radical (unpaired) electrons. The number of halogens is 2. The molecule has 0 aromatic heterocycles. The van der Waals surface area contributed by atoms with Crippen LogP contribution in [0.15, 0.2) is 73.3 Å². The molecule has 0 saturated heterocycles. The van der Waals surface area contributed by atoms with Crippen LogP contribution in [-0.2, 0) is 18.0 Å². The average molecular weight is 396 g/mol. The minimum atomic E-state index is -0.867. The molecule has 0 saturated carbocycles. The molecule has 150 valence electrons. The Morgan fingerprint density at radius 1 is 0.862 bits per heavy atom. The molecule has 0 heterocycles. The lowest BCUT2D eigenvalue weighted by Crippen LogP contribution is -2.05. The number of hydrogen-bond donors (Lipinski definition) is 0. The zero-order valence-electron chi connectivity index (χ0n) is 16.2. The van der Waals surface area contributed by atoms with E-state index in [2.05, 4.69) is 6.58 Å². The van der Waals surface area contributed by atoms with Gasteiger partial charge in [0, 0.05) is 7.11 Å². The molecule has 0 unspecified atom stereocenters. The van der Waals surface area contributed by atoms with E-state index in [1.54, 1.807) is 7.11 Å². The van der Waals surface area contributed by atoms with Crippen molar-refractivity contribution in [2.45, 2.75) is 13.2 Å². The lowest BCUT2D eigenvalue weighted by atomic mass is 10.0. The maximum Gasteiger partial charge on any atom is 0.209 e. The van der Waals surface area contributed by atoms with Crippen LogP contribution in [0.3, 0.4) is 0 Å². The van der Waals surface area contributed by atoms with Crippen molar-refractivity contribution in [3.8, 4) is 11.5 Å². The van der Waals surface area contributed by atoms with Crippen LogP contribution in [0.1, 0.15) is 16.7 Å². The van der Waals surface area contributed by atoms with Crippen LogP contribution < -0.4 is 9.47 Å². The van der Waals surface area contributed by atoms with Gasteiger partial charge in [-0.1, -0.05) is 61.2 Å². The largest absolute Gasteiger partial charge is 0.486 e. The molecule has 0 fully saturated rings. The summed E-state index contributed by atoms with van der Waals surface area (Å²) in [6, 6.07) is 19.1. The summed E-state index contributed by atoms with van der Waals surface area (Å²) in [7, 11) is 1.59. The molecule has 3 nitrogen and oxygen atoms in total. The number of rotatable bonds is 9. The first-order valence-corrected chi connectivity index (χ1v) is 9.12. The highest BCUT2D eigenvalue weighted by molar-refractivity contribution is 5.67. The Morgan fingerprint density at radius 3 is 2.34 bits per heavy atom. The van der Waals surface area contributed by atoms with Gasteiger partial charge >= 0.3 is 0 Å². The van der Waals surface area contributed by atoms with Crippen LogP contribution in [0.5, 0.6) is 11.5 Å². The van der Waals surface area contributed by atoms with Gasteiger partial charge in [-0.25, -0.2) is 4.39 Å². The van der Waals surface area contributed by atoms with Gasteiger partial charge in [0.1, 0.15) is 13.2 Å². The van der Waals surface area contributed by atoms with E-state index >= 15 is 0 Å². The monoisotopic (exact) mass is 396 g/mol. The number of ether oxygens (including phenoxy) is 3. The molecule has 0 aliphatic carbocycles. The maximum absolute atomic E-state index is 14.8. The minimum Gasteiger partial charge on any atom is -0.486 e. The Morgan fingerprint density at radius 2 is 1.59 bits per heavy atom. The fourth-order valence-corrected chi connectivity index (χ4v) is 2.89. The fraction of sp³-hybridized carbons (Fsp3) is 0.167. The van der Waals surface area contributed by atoms with Crippen LogP contribution in [0.2, 0.25) is 0 Å². The SMILES string of the molecule is C=C(COC)c1ccccc1COc1ccc(F)c(OCc2ccccc2)c1F. The zero-order valence-corrected chi connectivity index (χ0v) is 16.2. The summed E-state index contributed by atoms with van der Waals surface area (Å²) < 4.78 is 45.0. The van der Waals surface area contributed by atoms with Crippen molar-refractivity contribution in [1.29, 1.82) is 0 Å².